The molecule has 112 valence electrons. The van der Waals surface area contributed by atoms with Crippen LogP contribution in [0.25, 0.3) is 0 Å². The van der Waals surface area contributed by atoms with Gasteiger partial charge in [0.25, 0.3) is 0 Å². The van der Waals surface area contributed by atoms with Gasteiger partial charge >= 0.3 is 0 Å². The van der Waals surface area contributed by atoms with E-state index in [1.807, 2.05) is 17.1 Å². The molecule has 0 radical (unpaired) electrons. The normalized spacial score (nSPS) is 17.5. The first kappa shape index (κ1) is 14.2. The Kier molecular flexibility index (Phi) is 4.31. The summed E-state index contributed by atoms with van der Waals surface area (Å²) in [6.07, 6.45) is 3.51. The molecule has 0 aromatic carbocycles. The maximum Gasteiger partial charge on any atom is 0.236 e. The van der Waals surface area contributed by atoms with E-state index in [1.165, 1.54) is 5.56 Å². The lowest BCUT2D eigenvalue weighted by Gasteiger charge is -2.24. The highest BCUT2D eigenvalue weighted by molar-refractivity contribution is 7.07. The predicted octanol–water partition coefficient (Wildman–Crippen LogP) is 0.903. The van der Waals surface area contributed by atoms with E-state index in [4.69, 9.17) is 0 Å². The Morgan fingerprint density at radius 3 is 3.33 bits per heavy atom. The summed E-state index contributed by atoms with van der Waals surface area (Å²) in [4.78, 5) is 18.1. The van der Waals surface area contributed by atoms with E-state index >= 15 is 0 Å². The Hall–Kier alpha value is -1.73. The van der Waals surface area contributed by atoms with Gasteiger partial charge in [0.15, 0.2) is 0 Å². The quantitative estimate of drug-likeness (QED) is 0.891. The molecule has 3 rings (SSSR count). The number of nitrogens with zero attached hydrogens (tertiary/aromatic N) is 4. The summed E-state index contributed by atoms with van der Waals surface area (Å²) in [6, 6.07) is 2.34. The average molecular weight is 305 g/mol. The molecule has 1 amide bonds. The molecule has 1 atom stereocenters. The minimum atomic E-state index is 0.116. The lowest BCUT2D eigenvalue weighted by atomic mass is 10.1. The first-order valence-corrected chi connectivity index (χ1v) is 8.02. The molecule has 1 aliphatic heterocycles. The zero-order valence-electron chi connectivity index (χ0n) is 12.0. The maximum atomic E-state index is 12.1. The highest BCUT2D eigenvalue weighted by Crippen LogP contribution is 2.11. The summed E-state index contributed by atoms with van der Waals surface area (Å²) in [6.45, 7) is 1.83. The number of nitrogens with one attached hydrogen (secondary N) is 1. The molecule has 3 heterocycles. The number of fused-ring (bicyclic) bond motifs is 1. The summed E-state index contributed by atoms with van der Waals surface area (Å²) < 4.78 is 1.92. The standard InChI is InChI=1S/C14H19N5OS/c1-18(7-11-4-5-21-9-11)14(20)6-15-12-2-3-13-16-10-17-19(13)8-12/h4-5,9-10,12,15H,2-3,6-8H2,1H3. The third kappa shape index (κ3) is 3.48. The number of carbonyl (C=O) groups excluding carboxylic acids is 1. The molecular formula is C14H19N5OS. The van der Waals surface area contributed by atoms with E-state index in [9.17, 15) is 4.79 Å². The van der Waals surface area contributed by atoms with Gasteiger partial charge in [-0.1, -0.05) is 0 Å². The number of likely N-dealkylation sites (N-methyl/N-ethyl adjacent to an activating group) is 1. The van der Waals surface area contributed by atoms with Crippen molar-refractivity contribution in [3.05, 3.63) is 34.5 Å². The number of aryl methyl sites for hydroxylation is 1. The molecule has 0 bridgehead atoms. The topological polar surface area (TPSA) is 63.1 Å². The second kappa shape index (κ2) is 6.36. The van der Waals surface area contributed by atoms with Crippen molar-refractivity contribution in [2.75, 3.05) is 13.6 Å². The number of thiophene rings is 1. The lowest BCUT2D eigenvalue weighted by molar-refractivity contribution is -0.129. The Morgan fingerprint density at radius 2 is 2.52 bits per heavy atom. The van der Waals surface area contributed by atoms with Gasteiger partial charge in [0.2, 0.25) is 5.91 Å². The van der Waals surface area contributed by atoms with Crippen LogP contribution in [0.3, 0.4) is 0 Å². The van der Waals surface area contributed by atoms with Crippen LogP contribution in [-0.4, -0.2) is 45.2 Å². The first-order chi connectivity index (χ1) is 10.2. The summed E-state index contributed by atoms with van der Waals surface area (Å²) in [5.74, 6) is 1.15. The summed E-state index contributed by atoms with van der Waals surface area (Å²) in [7, 11) is 1.85. The van der Waals surface area contributed by atoms with Crippen LogP contribution in [-0.2, 0) is 24.3 Å². The predicted molar refractivity (Wildman–Crippen MR) is 80.9 cm³/mol. The van der Waals surface area contributed by atoms with Crippen molar-refractivity contribution in [3.63, 3.8) is 0 Å². The molecule has 2 aromatic heterocycles. The van der Waals surface area contributed by atoms with E-state index in [-0.39, 0.29) is 11.9 Å². The molecule has 2 aromatic rings. The van der Waals surface area contributed by atoms with Crippen LogP contribution < -0.4 is 5.32 Å². The summed E-state index contributed by atoms with van der Waals surface area (Å²) in [5, 5.41) is 11.6. The van der Waals surface area contributed by atoms with Crippen molar-refractivity contribution in [2.24, 2.45) is 0 Å². The monoisotopic (exact) mass is 305 g/mol. The Morgan fingerprint density at radius 1 is 1.62 bits per heavy atom. The van der Waals surface area contributed by atoms with Crippen LogP contribution in [0, 0.1) is 0 Å². The van der Waals surface area contributed by atoms with Crippen molar-refractivity contribution in [2.45, 2.75) is 32.0 Å². The van der Waals surface area contributed by atoms with Gasteiger partial charge in [-0.2, -0.15) is 16.4 Å². The van der Waals surface area contributed by atoms with E-state index in [2.05, 4.69) is 26.8 Å². The third-order valence-corrected chi connectivity index (χ3v) is 4.51. The number of carbonyl (C=O) groups is 1. The number of rotatable bonds is 5. The third-order valence-electron chi connectivity index (χ3n) is 3.77. The number of amides is 1. The van der Waals surface area contributed by atoms with E-state index < -0.39 is 0 Å². The van der Waals surface area contributed by atoms with E-state index in [0.717, 1.165) is 25.2 Å². The fourth-order valence-electron chi connectivity index (χ4n) is 2.52. The summed E-state index contributed by atoms with van der Waals surface area (Å²) in [5.41, 5.74) is 1.18. The van der Waals surface area contributed by atoms with Crippen LogP contribution in [0.15, 0.2) is 23.2 Å². The Bertz CT molecular complexity index is 594. The molecule has 0 spiro atoms. The van der Waals surface area contributed by atoms with Gasteiger partial charge in [0.05, 0.1) is 13.1 Å². The molecule has 21 heavy (non-hydrogen) atoms. The minimum Gasteiger partial charge on any atom is -0.340 e. The van der Waals surface area contributed by atoms with Gasteiger partial charge in [0, 0.05) is 26.1 Å². The largest absolute Gasteiger partial charge is 0.340 e. The van der Waals surface area contributed by atoms with Gasteiger partial charge in [0.1, 0.15) is 12.2 Å². The molecule has 1 unspecified atom stereocenters. The van der Waals surface area contributed by atoms with Crippen molar-refractivity contribution in [1.82, 2.24) is 25.0 Å². The second-order valence-electron chi connectivity index (χ2n) is 5.36. The highest BCUT2D eigenvalue weighted by Gasteiger charge is 2.20. The zero-order valence-corrected chi connectivity index (χ0v) is 12.8. The minimum absolute atomic E-state index is 0.116. The van der Waals surface area contributed by atoms with Crippen LogP contribution in [0.4, 0.5) is 0 Å². The Balaban J connectivity index is 1.46. The first-order valence-electron chi connectivity index (χ1n) is 7.07. The van der Waals surface area contributed by atoms with Crippen LogP contribution in [0.2, 0.25) is 0 Å². The van der Waals surface area contributed by atoms with Crippen molar-refractivity contribution < 1.29 is 4.79 Å². The fourth-order valence-corrected chi connectivity index (χ4v) is 3.18. The fraction of sp³-hybridized carbons (Fsp3) is 0.500. The van der Waals surface area contributed by atoms with Gasteiger partial charge in [-0.05, 0) is 28.8 Å². The van der Waals surface area contributed by atoms with Crippen LogP contribution in [0.5, 0.6) is 0 Å². The average Bonchev–Trinajstić information content (AvgIpc) is 3.14. The van der Waals surface area contributed by atoms with Gasteiger partial charge in [-0.3, -0.25) is 4.79 Å². The molecule has 0 saturated heterocycles. The molecule has 1 N–H and O–H groups in total. The molecule has 6 nitrogen and oxygen atoms in total. The van der Waals surface area contributed by atoms with Gasteiger partial charge < -0.3 is 10.2 Å². The second-order valence-corrected chi connectivity index (χ2v) is 6.14. The number of aromatic nitrogens is 3. The molecule has 0 fully saturated rings. The van der Waals surface area contributed by atoms with Crippen molar-refractivity contribution in [3.8, 4) is 0 Å². The summed E-state index contributed by atoms with van der Waals surface area (Å²) >= 11 is 1.65. The van der Waals surface area contributed by atoms with Crippen LogP contribution in [0.1, 0.15) is 17.8 Å². The zero-order chi connectivity index (χ0) is 14.7. The Labute approximate surface area is 127 Å². The van der Waals surface area contributed by atoms with Crippen molar-refractivity contribution >= 4 is 17.2 Å². The SMILES string of the molecule is CN(Cc1ccsc1)C(=O)CNC1CCc2ncnn2C1. The highest BCUT2D eigenvalue weighted by atomic mass is 32.1. The van der Waals surface area contributed by atoms with Gasteiger partial charge in [-0.15, -0.1) is 0 Å². The number of hydrogen-bond acceptors (Lipinski definition) is 5. The van der Waals surface area contributed by atoms with E-state index in [0.29, 0.717) is 13.1 Å². The smallest absolute Gasteiger partial charge is 0.236 e. The van der Waals surface area contributed by atoms with Gasteiger partial charge in [-0.25, -0.2) is 9.67 Å². The number of hydrogen-bond donors (Lipinski definition) is 1. The lowest BCUT2D eigenvalue weighted by Crippen LogP contribution is -2.43. The van der Waals surface area contributed by atoms with Crippen LogP contribution >= 0.6 is 11.3 Å². The molecule has 7 heteroatoms. The van der Waals surface area contributed by atoms with Crippen molar-refractivity contribution in [1.29, 1.82) is 0 Å². The molecular weight excluding hydrogens is 286 g/mol. The molecule has 0 saturated carbocycles. The maximum absolute atomic E-state index is 12.1. The molecule has 1 aliphatic rings. The van der Waals surface area contributed by atoms with E-state index in [1.54, 1.807) is 22.6 Å². The molecule has 0 aliphatic carbocycles.